The Balaban J connectivity index is 2.06. The molecule has 0 bridgehead atoms. The zero-order valence-electron chi connectivity index (χ0n) is 8.23. The Bertz CT molecular complexity index is 300. The molecular weight excluding hydrogens is 182 g/mol. The molecule has 1 fully saturated rings. The Labute approximate surface area is 82.4 Å². The van der Waals surface area contributed by atoms with Crippen molar-refractivity contribution in [2.75, 3.05) is 25.1 Å². The molecule has 1 aliphatic heterocycles. The van der Waals surface area contributed by atoms with Crippen molar-refractivity contribution in [2.45, 2.75) is 18.9 Å². The van der Waals surface area contributed by atoms with Gasteiger partial charge in [-0.1, -0.05) is 0 Å². The maximum Gasteiger partial charge on any atom is 0.336 e. The minimum atomic E-state index is 0.236. The number of hydrogen-bond acceptors (Lipinski definition) is 5. The maximum absolute atomic E-state index is 5.87. The van der Waals surface area contributed by atoms with Crippen molar-refractivity contribution in [1.29, 1.82) is 0 Å². The number of nitrogens with two attached hydrogens (primary N) is 1. The van der Waals surface area contributed by atoms with E-state index in [4.69, 9.17) is 10.5 Å². The van der Waals surface area contributed by atoms with Gasteiger partial charge in [0.25, 0.3) is 0 Å². The Kier molecular flexibility index (Phi) is 2.53. The number of H-pyrrole nitrogens is 1. The molecule has 2 rings (SSSR count). The van der Waals surface area contributed by atoms with Crippen molar-refractivity contribution in [3.63, 3.8) is 0 Å². The fourth-order valence-corrected chi connectivity index (χ4v) is 1.67. The fraction of sp³-hybridized carbons (Fsp3) is 0.750. The lowest BCUT2D eigenvalue weighted by molar-refractivity contribution is 0.381. The minimum Gasteiger partial charge on any atom is -0.466 e. The molecule has 0 radical (unpaired) electrons. The highest BCUT2D eigenvalue weighted by molar-refractivity contribution is 5.30. The van der Waals surface area contributed by atoms with Crippen LogP contribution in [0.2, 0.25) is 0 Å². The molecule has 1 aromatic rings. The van der Waals surface area contributed by atoms with Gasteiger partial charge in [0.05, 0.1) is 7.11 Å². The van der Waals surface area contributed by atoms with E-state index in [1.165, 1.54) is 0 Å². The topological polar surface area (TPSA) is 80.1 Å². The molecule has 0 saturated carbocycles. The van der Waals surface area contributed by atoms with Crippen molar-refractivity contribution in [3.8, 4) is 6.01 Å². The Morgan fingerprint density at radius 3 is 3.14 bits per heavy atom. The molecule has 1 aromatic heterocycles. The third kappa shape index (κ3) is 1.79. The summed E-state index contributed by atoms with van der Waals surface area (Å²) in [5.74, 6) is 0.747. The summed E-state index contributed by atoms with van der Waals surface area (Å²) in [4.78, 5) is 6.27. The first-order valence-corrected chi connectivity index (χ1v) is 4.76. The summed E-state index contributed by atoms with van der Waals surface area (Å²) in [6.45, 7) is 1.81. The monoisotopic (exact) mass is 197 g/mol. The van der Waals surface area contributed by atoms with Gasteiger partial charge in [0, 0.05) is 19.1 Å². The number of nitrogens with zero attached hydrogens (tertiary/aromatic N) is 3. The molecule has 6 heteroatoms. The molecule has 1 aliphatic rings. The van der Waals surface area contributed by atoms with Crippen LogP contribution in [-0.4, -0.2) is 41.4 Å². The van der Waals surface area contributed by atoms with Crippen LogP contribution in [0.3, 0.4) is 0 Å². The van der Waals surface area contributed by atoms with Crippen molar-refractivity contribution < 1.29 is 4.74 Å². The van der Waals surface area contributed by atoms with Gasteiger partial charge in [-0.2, -0.15) is 4.98 Å². The van der Waals surface area contributed by atoms with E-state index < -0.39 is 0 Å². The number of anilines is 1. The van der Waals surface area contributed by atoms with Crippen molar-refractivity contribution >= 4 is 5.95 Å². The predicted octanol–water partition coefficient (Wildman–Crippen LogP) is -0.259. The molecule has 14 heavy (non-hydrogen) atoms. The van der Waals surface area contributed by atoms with Gasteiger partial charge < -0.3 is 15.4 Å². The zero-order valence-corrected chi connectivity index (χ0v) is 8.23. The molecule has 1 atom stereocenters. The highest BCUT2D eigenvalue weighted by Crippen LogP contribution is 2.16. The van der Waals surface area contributed by atoms with Gasteiger partial charge in [-0.15, -0.1) is 5.10 Å². The first-order valence-electron chi connectivity index (χ1n) is 4.76. The maximum atomic E-state index is 5.87. The quantitative estimate of drug-likeness (QED) is 0.683. The van der Waals surface area contributed by atoms with Crippen LogP contribution in [0.1, 0.15) is 12.8 Å². The number of hydrogen-bond donors (Lipinski definition) is 2. The predicted molar refractivity (Wildman–Crippen MR) is 52.4 cm³/mol. The first kappa shape index (κ1) is 9.26. The van der Waals surface area contributed by atoms with E-state index in [2.05, 4.69) is 20.1 Å². The van der Waals surface area contributed by atoms with E-state index in [0.717, 1.165) is 31.9 Å². The third-order valence-corrected chi connectivity index (χ3v) is 2.39. The smallest absolute Gasteiger partial charge is 0.336 e. The van der Waals surface area contributed by atoms with Crippen molar-refractivity contribution in [2.24, 2.45) is 5.73 Å². The molecule has 78 valence electrons. The zero-order chi connectivity index (χ0) is 9.97. The Morgan fingerprint density at radius 2 is 2.50 bits per heavy atom. The second-order valence-electron chi connectivity index (χ2n) is 3.49. The van der Waals surface area contributed by atoms with Crippen LogP contribution < -0.4 is 15.4 Å². The molecule has 0 spiro atoms. The van der Waals surface area contributed by atoms with Crippen LogP contribution in [0, 0.1) is 0 Å². The second-order valence-corrected chi connectivity index (χ2v) is 3.49. The molecule has 0 aromatic carbocycles. The minimum absolute atomic E-state index is 0.236. The number of ether oxygens (including phenoxy) is 1. The average Bonchev–Trinajstić information content (AvgIpc) is 2.66. The second kappa shape index (κ2) is 3.83. The Morgan fingerprint density at radius 1 is 1.64 bits per heavy atom. The summed E-state index contributed by atoms with van der Waals surface area (Å²) in [5.41, 5.74) is 5.87. The van der Waals surface area contributed by atoms with Gasteiger partial charge in [0.2, 0.25) is 5.95 Å². The summed E-state index contributed by atoms with van der Waals surface area (Å²) in [6.07, 6.45) is 2.19. The van der Waals surface area contributed by atoms with Crippen LogP contribution in [-0.2, 0) is 0 Å². The van der Waals surface area contributed by atoms with Crippen LogP contribution in [0.4, 0.5) is 5.95 Å². The number of piperidine rings is 1. The van der Waals surface area contributed by atoms with Gasteiger partial charge in [0.15, 0.2) is 0 Å². The number of nitrogens with one attached hydrogen (secondary N) is 1. The largest absolute Gasteiger partial charge is 0.466 e. The molecule has 1 saturated heterocycles. The summed E-state index contributed by atoms with van der Waals surface area (Å²) < 4.78 is 4.90. The lowest BCUT2D eigenvalue weighted by Crippen LogP contribution is -2.43. The van der Waals surface area contributed by atoms with Crippen LogP contribution in [0.5, 0.6) is 6.01 Å². The van der Waals surface area contributed by atoms with Gasteiger partial charge in [0.1, 0.15) is 0 Å². The lowest BCUT2D eigenvalue weighted by Gasteiger charge is -2.29. The van der Waals surface area contributed by atoms with Gasteiger partial charge in [-0.3, -0.25) is 0 Å². The number of methoxy groups -OCH3 is 1. The summed E-state index contributed by atoms with van der Waals surface area (Å²) in [6, 6.07) is 0.610. The molecule has 0 aliphatic carbocycles. The molecule has 2 heterocycles. The first-order chi connectivity index (χ1) is 6.79. The highest BCUT2D eigenvalue weighted by Gasteiger charge is 2.19. The van der Waals surface area contributed by atoms with Crippen molar-refractivity contribution in [1.82, 2.24) is 15.2 Å². The van der Waals surface area contributed by atoms with Gasteiger partial charge in [-0.05, 0) is 12.8 Å². The number of aromatic amines is 1. The summed E-state index contributed by atoms with van der Waals surface area (Å²) in [7, 11) is 1.55. The van der Waals surface area contributed by atoms with Crippen LogP contribution in [0.15, 0.2) is 0 Å². The molecule has 1 unspecified atom stereocenters. The van der Waals surface area contributed by atoms with E-state index in [-0.39, 0.29) is 6.04 Å². The van der Waals surface area contributed by atoms with E-state index in [0.29, 0.717) is 6.01 Å². The molecule has 3 N–H and O–H groups in total. The van der Waals surface area contributed by atoms with Crippen LogP contribution in [0.25, 0.3) is 0 Å². The number of aromatic nitrogens is 3. The lowest BCUT2D eigenvalue weighted by atomic mass is 10.1. The third-order valence-electron chi connectivity index (χ3n) is 2.39. The molecule has 0 amide bonds. The van der Waals surface area contributed by atoms with E-state index in [1.807, 2.05) is 0 Å². The van der Waals surface area contributed by atoms with Crippen LogP contribution >= 0.6 is 0 Å². The molecular formula is C8H15N5O. The summed E-state index contributed by atoms with van der Waals surface area (Å²) in [5, 5.41) is 6.73. The van der Waals surface area contributed by atoms with E-state index >= 15 is 0 Å². The fourth-order valence-electron chi connectivity index (χ4n) is 1.67. The summed E-state index contributed by atoms with van der Waals surface area (Å²) >= 11 is 0. The standard InChI is InChI=1S/C8H15N5O/c1-14-8-10-7(11-12-8)13-4-2-3-6(9)5-13/h6H,2-5,9H2,1H3,(H,10,11,12). The number of rotatable bonds is 2. The van der Waals surface area contributed by atoms with Gasteiger partial charge >= 0.3 is 6.01 Å². The highest BCUT2D eigenvalue weighted by atomic mass is 16.5. The van der Waals surface area contributed by atoms with E-state index in [9.17, 15) is 0 Å². The SMILES string of the molecule is COc1n[nH]c(N2CCCC(N)C2)n1. The molecule has 6 nitrogen and oxygen atoms in total. The van der Waals surface area contributed by atoms with Gasteiger partial charge in [-0.25, -0.2) is 5.10 Å². The Hall–Kier alpha value is -1.30. The average molecular weight is 197 g/mol. The normalized spacial score (nSPS) is 22.4. The van der Waals surface area contributed by atoms with Crippen molar-refractivity contribution in [3.05, 3.63) is 0 Å². The van der Waals surface area contributed by atoms with E-state index in [1.54, 1.807) is 7.11 Å².